The molecule has 4 atom stereocenters. The van der Waals surface area contributed by atoms with Gasteiger partial charge in [-0.05, 0) is 24.6 Å². The Bertz CT molecular complexity index is 616. The number of rotatable bonds is 6. The van der Waals surface area contributed by atoms with Crippen LogP contribution in [-0.2, 0) is 10.8 Å². The van der Waals surface area contributed by atoms with Crippen molar-refractivity contribution in [2.45, 2.75) is 28.9 Å². The van der Waals surface area contributed by atoms with Crippen LogP contribution in [0, 0.1) is 6.92 Å². The summed E-state index contributed by atoms with van der Waals surface area (Å²) < 4.78 is 12.3. The highest BCUT2D eigenvalue weighted by Crippen LogP contribution is 2.26. The van der Waals surface area contributed by atoms with Crippen LogP contribution in [0.4, 0.5) is 0 Å². The first-order chi connectivity index (χ1) is 10.5. The van der Waals surface area contributed by atoms with Crippen molar-refractivity contribution in [3.8, 4) is 0 Å². The third kappa shape index (κ3) is 4.49. The normalized spacial score (nSPS) is 16.7. The minimum atomic E-state index is -1.31. The lowest BCUT2D eigenvalue weighted by atomic mass is 10.0. The SMILES string of the molecule is Cc1ccc(S(=O)C[C@H](O)[C@@H](Br)[C@@H](O)c2ccccc2)cc1. The van der Waals surface area contributed by atoms with Crippen LogP contribution in [0.3, 0.4) is 0 Å². The molecular weight excluding hydrogens is 364 g/mol. The molecule has 1 unspecified atom stereocenters. The lowest BCUT2D eigenvalue weighted by Crippen LogP contribution is -2.31. The number of hydrogen-bond acceptors (Lipinski definition) is 3. The van der Waals surface area contributed by atoms with E-state index in [0.717, 1.165) is 5.56 Å². The molecule has 2 rings (SSSR count). The minimum absolute atomic E-state index is 0.0723. The maximum atomic E-state index is 12.3. The van der Waals surface area contributed by atoms with E-state index in [1.807, 2.05) is 37.3 Å². The van der Waals surface area contributed by atoms with Crippen molar-refractivity contribution in [3.05, 3.63) is 65.7 Å². The second-order valence-corrected chi connectivity index (χ2v) is 7.75. The van der Waals surface area contributed by atoms with Crippen LogP contribution in [0.2, 0.25) is 0 Å². The molecule has 0 amide bonds. The second-order valence-electron chi connectivity index (χ2n) is 5.19. The Morgan fingerprint density at radius 3 is 2.23 bits per heavy atom. The van der Waals surface area contributed by atoms with Gasteiger partial charge in [-0.25, -0.2) is 0 Å². The van der Waals surface area contributed by atoms with Gasteiger partial charge in [-0.1, -0.05) is 64.0 Å². The van der Waals surface area contributed by atoms with Gasteiger partial charge in [-0.3, -0.25) is 4.21 Å². The highest BCUT2D eigenvalue weighted by atomic mass is 79.9. The average Bonchev–Trinajstić information content (AvgIpc) is 2.54. The number of halogens is 1. The van der Waals surface area contributed by atoms with E-state index in [-0.39, 0.29) is 5.75 Å². The van der Waals surface area contributed by atoms with Crippen LogP contribution in [-0.4, -0.2) is 31.1 Å². The van der Waals surface area contributed by atoms with Crippen molar-refractivity contribution in [2.75, 3.05) is 5.75 Å². The highest BCUT2D eigenvalue weighted by Gasteiger charge is 2.27. The van der Waals surface area contributed by atoms with Gasteiger partial charge in [0.25, 0.3) is 0 Å². The molecular formula is C17H19BrO3S. The smallest absolute Gasteiger partial charge is 0.0940 e. The molecule has 0 spiro atoms. The Balaban J connectivity index is 2.00. The summed E-state index contributed by atoms with van der Waals surface area (Å²) in [6.45, 7) is 1.96. The molecule has 2 aromatic rings. The topological polar surface area (TPSA) is 57.5 Å². The fourth-order valence-electron chi connectivity index (χ4n) is 2.08. The van der Waals surface area contributed by atoms with E-state index in [1.54, 1.807) is 24.3 Å². The van der Waals surface area contributed by atoms with E-state index in [2.05, 4.69) is 15.9 Å². The van der Waals surface area contributed by atoms with E-state index in [4.69, 9.17) is 0 Å². The predicted octanol–water partition coefficient (Wildman–Crippen LogP) is 2.96. The molecule has 22 heavy (non-hydrogen) atoms. The van der Waals surface area contributed by atoms with Gasteiger partial charge in [0.05, 0.1) is 33.6 Å². The molecule has 2 aromatic carbocycles. The summed E-state index contributed by atoms with van der Waals surface area (Å²) in [5, 5.41) is 20.5. The van der Waals surface area contributed by atoms with Crippen LogP contribution >= 0.6 is 15.9 Å². The van der Waals surface area contributed by atoms with Crippen LogP contribution in [0.1, 0.15) is 17.2 Å². The summed E-state index contributed by atoms with van der Waals surface area (Å²) >= 11 is 3.32. The van der Waals surface area contributed by atoms with Crippen molar-refractivity contribution in [3.63, 3.8) is 0 Å². The number of alkyl halides is 1. The van der Waals surface area contributed by atoms with Gasteiger partial charge in [-0.15, -0.1) is 0 Å². The molecule has 0 fully saturated rings. The summed E-state index contributed by atoms with van der Waals surface area (Å²) in [5.41, 5.74) is 1.81. The number of aliphatic hydroxyl groups excluding tert-OH is 2. The molecule has 5 heteroatoms. The Morgan fingerprint density at radius 2 is 1.64 bits per heavy atom. The van der Waals surface area contributed by atoms with E-state index >= 15 is 0 Å². The summed E-state index contributed by atoms with van der Waals surface area (Å²) in [6, 6.07) is 16.5. The molecule has 0 saturated carbocycles. The summed E-state index contributed by atoms with van der Waals surface area (Å²) in [4.78, 5) is 0.0999. The molecule has 2 N–H and O–H groups in total. The van der Waals surface area contributed by atoms with Gasteiger partial charge in [0.2, 0.25) is 0 Å². The van der Waals surface area contributed by atoms with Crippen molar-refractivity contribution in [1.29, 1.82) is 0 Å². The largest absolute Gasteiger partial charge is 0.391 e. The lowest BCUT2D eigenvalue weighted by Gasteiger charge is -2.22. The maximum absolute atomic E-state index is 12.3. The summed E-state index contributed by atoms with van der Waals surface area (Å²) in [5.74, 6) is 0.0723. The van der Waals surface area contributed by atoms with Crippen LogP contribution in [0.15, 0.2) is 59.5 Å². The van der Waals surface area contributed by atoms with Crippen LogP contribution in [0.5, 0.6) is 0 Å². The molecule has 3 nitrogen and oxygen atoms in total. The van der Waals surface area contributed by atoms with Crippen LogP contribution < -0.4 is 0 Å². The fraction of sp³-hybridized carbons (Fsp3) is 0.294. The first kappa shape index (κ1) is 17.3. The molecule has 0 aromatic heterocycles. The first-order valence-corrected chi connectivity index (χ1v) is 9.22. The third-order valence-electron chi connectivity index (χ3n) is 3.42. The van der Waals surface area contributed by atoms with Gasteiger partial charge in [0.15, 0.2) is 0 Å². The predicted molar refractivity (Wildman–Crippen MR) is 92.6 cm³/mol. The summed E-state index contributed by atoms with van der Waals surface area (Å²) in [7, 11) is -1.31. The molecule has 0 aliphatic heterocycles. The van der Waals surface area contributed by atoms with E-state index < -0.39 is 27.8 Å². The van der Waals surface area contributed by atoms with Gasteiger partial charge in [0.1, 0.15) is 0 Å². The standard InChI is InChI=1S/C17H19BrO3S/c1-12-7-9-14(10-8-12)22(21)11-15(19)16(18)17(20)13-5-3-2-4-6-13/h2-10,15-17,19-20H,11H2,1H3/t15-,16+,17-,22?/m0/s1. The minimum Gasteiger partial charge on any atom is -0.391 e. The average molecular weight is 383 g/mol. The Hall–Kier alpha value is -1.01. The summed E-state index contributed by atoms with van der Waals surface area (Å²) in [6.07, 6.45) is -1.77. The van der Waals surface area contributed by atoms with E-state index in [0.29, 0.717) is 10.5 Å². The Kier molecular flexibility index (Phi) is 6.32. The van der Waals surface area contributed by atoms with Gasteiger partial charge >= 0.3 is 0 Å². The number of hydrogen-bond donors (Lipinski definition) is 2. The monoisotopic (exact) mass is 382 g/mol. The third-order valence-corrected chi connectivity index (χ3v) is 5.97. The van der Waals surface area contributed by atoms with E-state index in [9.17, 15) is 14.4 Å². The molecule has 0 heterocycles. The van der Waals surface area contributed by atoms with Crippen molar-refractivity contribution in [2.24, 2.45) is 0 Å². The first-order valence-electron chi connectivity index (χ1n) is 6.99. The number of aliphatic hydroxyl groups is 2. The quantitative estimate of drug-likeness (QED) is 0.755. The fourth-order valence-corrected chi connectivity index (χ4v) is 3.97. The number of benzene rings is 2. The molecule has 0 aliphatic carbocycles. The Morgan fingerprint density at radius 1 is 1.05 bits per heavy atom. The molecule has 0 radical (unpaired) electrons. The molecule has 0 saturated heterocycles. The van der Waals surface area contributed by atoms with Gasteiger partial charge in [0, 0.05) is 4.90 Å². The highest BCUT2D eigenvalue weighted by molar-refractivity contribution is 9.09. The maximum Gasteiger partial charge on any atom is 0.0940 e. The van der Waals surface area contributed by atoms with Gasteiger partial charge in [-0.2, -0.15) is 0 Å². The Labute approximate surface area is 141 Å². The second kappa shape index (κ2) is 8.02. The van der Waals surface area contributed by atoms with Crippen molar-refractivity contribution in [1.82, 2.24) is 0 Å². The molecule has 0 bridgehead atoms. The zero-order valence-electron chi connectivity index (χ0n) is 12.2. The van der Waals surface area contributed by atoms with E-state index in [1.165, 1.54) is 0 Å². The zero-order chi connectivity index (χ0) is 16.1. The van der Waals surface area contributed by atoms with Gasteiger partial charge < -0.3 is 10.2 Å². The lowest BCUT2D eigenvalue weighted by molar-refractivity contribution is 0.104. The van der Waals surface area contributed by atoms with Crippen molar-refractivity contribution >= 4 is 26.7 Å². The van der Waals surface area contributed by atoms with Crippen molar-refractivity contribution < 1.29 is 14.4 Å². The zero-order valence-corrected chi connectivity index (χ0v) is 14.6. The molecule has 0 aliphatic rings. The van der Waals surface area contributed by atoms with Crippen LogP contribution in [0.25, 0.3) is 0 Å². The molecule has 118 valence electrons. The number of aryl methyl sites for hydroxylation is 1.